The van der Waals surface area contributed by atoms with Gasteiger partial charge in [0.1, 0.15) is 11.6 Å². The second-order valence-corrected chi connectivity index (χ2v) is 4.64. The SMILES string of the molecule is COCCN(CCOC)C(=O)COc1ccc(F)c(Cl)c1. The third-order valence-electron chi connectivity index (χ3n) is 2.74. The number of methoxy groups -OCH3 is 2. The van der Waals surface area contributed by atoms with E-state index < -0.39 is 5.82 Å². The topological polar surface area (TPSA) is 48.0 Å². The molecule has 0 radical (unpaired) electrons. The van der Waals surface area contributed by atoms with Gasteiger partial charge in [-0.05, 0) is 12.1 Å². The molecule has 0 bridgehead atoms. The summed E-state index contributed by atoms with van der Waals surface area (Å²) in [6.45, 7) is 1.60. The van der Waals surface area contributed by atoms with Gasteiger partial charge < -0.3 is 19.1 Å². The highest BCUT2D eigenvalue weighted by molar-refractivity contribution is 6.30. The Bertz CT molecular complexity index is 451. The summed E-state index contributed by atoms with van der Waals surface area (Å²) in [6.07, 6.45) is 0. The molecule has 1 rings (SSSR count). The van der Waals surface area contributed by atoms with E-state index in [1.54, 1.807) is 19.1 Å². The maximum atomic E-state index is 13.0. The van der Waals surface area contributed by atoms with Gasteiger partial charge in [-0.3, -0.25) is 4.79 Å². The van der Waals surface area contributed by atoms with Crippen molar-refractivity contribution in [3.8, 4) is 5.75 Å². The van der Waals surface area contributed by atoms with Crippen LogP contribution in [0.4, 0.5) is 4.39 Å². The molecule has 0 unspecified atom stereocenters. The summed E-state index contributed by atoms with van der Waals surface area (Å²) in [5, 5.41) is -0.0458. The fraction of sp³-hybridized carbons (Fsp3) is 0.500. The average molecular weight is 320 g/mol. The minimum atomic E-state index is -0.530. The molecule has 0 N–H and O–H groups in total. The molecule has 1 aromatic rings. The monoisotopic (exact) mass is 319 g/mol. The maximum absolute atomic E-state index is 13.0. The van der Waals surface area contributed by atoms with Crippen LogP contribution in [0.3, 0.4) is 0 Å². The number of nitrogens with zero attached hydrogens (tertiary/aromatic N) is 1. The maximum Gasteiger partial charge on any atom is 0.260 e. The van der Waals surface area contributed by atoms with Crippen LogP contribution in [0.2, 0.25) is 5.02 Å². The van der Waals surface area contributed by atoms with Gasteiger partial charge in [0.25, 0.3) is 5.91 Å². The Hall–Kier alpha value is -1.37. The first kappa shape index (κ1) is 17.7. The number of carbonyl (C=O) groups is 1. The summed E-state index contributed by atoms with van der Waals surface area (Å²) in [5.74, 6) is -0.394. The smallest absolute Gasteiger partial charge is 0.260 e. The largest absolute Gasteiger partial charge is 0.484 e. The van der Waals surface area contributed by atoms with Crippen molar-refractivity contribution in [1.82, 2.24) is 4.90 Å². The molecule has 0 saturated heterocycles. The predicted octanol–water partition coefficient (Wildman–Crippen LogP) is 1.98. The van der Waals surface area contributed by atoms with E-state index in [4.69, 9.17) is 25.8 Å². The summed E-state index contributed by atoms with van der Waals surface area (Å²) in [7, 11) is 3.13. The number of carbonyl (C=O) groups excluding carboxylic acids is 1. The van der Waals surface area contributed by atoms with Gasteiger partial charge in [0.2, 0.25) is 0 Å². The lowest BCUT2D eigenvalue weighted by Crippen LogP contribution is -2.39. The van der Waals surface area contributed by atoms with Crippen LogP contribution in [0.1, 0.15) is 0 Å². The van der Waals surface area contributed by atoms with Crippen molar-refractivity contribution in [2.45, 2.75) is 0 Å². The fourth-order valence-corrected chi connectivity index (χ4v) is 1.74. The van der Waals surface area contributed by atoms with Gasteiger partial charge in [0, 0.05) is 33.4 Å². The molecule has 0 spiro atoms. The molecule has 0 heterocycles. The molecule has 0 saturated carbocycles. The standard InChI is InChI=1S/C14H19ClFNO4/c1-19-7-5-17(6-8-20-2)14(18)10-21-11-3-4-13(16)12(15)9-11/h3-4,9H,5-8,10H2,1-2H3. The van der Waals surface area contributed by atoms with Crippen molar-refractivity contribution in [2.24, 2.45) is 0 Å². The lowest BCUT2D eigenvalue weighted by Gasteiger charge is -2.22. The number of hydrogen-bond donors (Lipinski definition) is 0. The van der Waals surface area contributed by atoms with E-state index >= 15 is 0 Å². The normalized spacial score (nSPS) is 10.5. The van der Waals surface area contributed by atoms with Crippen LogP contribution in [0, 0.1) is 5.82 Å². The molecule has 118 valence electrons. The van der Waals surface area contributed by atoms with Gasteiger partial charge >= 0.3 is 0 Å². The lowest BCUT2D eigenvalue weighted by molar-refractivity contribution is -0.134. The van der Waals surface area contributed by atoms with Crippen molar-refractivity contribution in [2.75, 3.05) is 47.1 Å². The number of benzene rings is 1. The molecule has 5 nitrogen and oxygen atoms in total. The first-order valence-electron chi connectivity index (χ1n) is 6.42. The van der Waals surface area contributed by atoms with E-state index in [1.807, 2.05) is 0 Å². The minimum Gasteiger partial charge on any atom is -0.484 e. The number of hydrogen-bond acceptors (Lipinski definition) is 4. The quantitative estimate of drug-likeness (QED) is 0.698. The third kappa shape index (κ3) is 6.29. The van der Waals surface area contributed by atoms with Gasteiger partial charge in [0.15, 0.2) is 6.61 Å². The molecule has 0 aliphatic rings. The predicted molar refractivity (Wildman–Crippen MR) is 77.2 cm³/mol. The molecule has 1 amide bonds. The molecule has 0 atom stereocenters. The molecule has 21 heavy (non-hydrogen) atoms. The third-order valence-corrected chi connectivity index (χ3v) is 3.03. The van der Waals surface area contributed by atoms with Gasteiger partial charge in [-0.25, -0.2) is 4.39 Å². The molecule has 7 heteroatoms. The molecule has 0 aliphatic heterocycles. The van der Waals surface area contributed by atoms with Gasteiger partial charge in [-0.15, -0.1) is 0 Å². The van der Waals surface area contributed by atoms with Gasteiger partial charge in [-0.2, -0.15) is 0 Å². The van der Waals surface area contributed by atoms with Crippen molar-refractivity contribution < 1.29 is 23.4 Å². The van der Waals surface area contributed by atoms with Crippen LogP contribution in [-0.4, -0.2) is 57.9 Å². The Balaban J connectivity index is 2.53. The van der Waals surface area contributed by atoms with E-state index in [2.05, 4.69) is 0 Å². The zero-order valence-corrected chi connectivity index (χ0v) is 12.9. The van der Waals surface area contributed by atoms with Gasteiger partial charge in [0.05, 0.1) is 18.2 Å². The molecule has 0 fully saturated rings. The van der Waals surface area contributed by atoms with Crippen LogP contribution < -0.4 is 4.74 Å². The summed E-state index contributed by atoms with van der Waals surface area (Å²) >= 11 is 5.65. The Morgan fingerprint density at radius 3 is 2.38 bits per heavy atom. The van der Waals surface area contributed by atoms with E-state index in [9.17, 15) is 9.18 Å². The molecule has 0 aromatic heterocycles. The first-order chi connectivity index (χ1) is 10.1. The van der Waals surface area contributed by atoms with Crippen molar-refractivity contribution in [3.05, 3.63) is 29.0 Å². The fourth-order valence-electron chi connectivity index (χ4n) is 1.57. The average Bonchev–Trinajstić information content (AvgIpc) is 2.48. The van der Waals surface area contributed by atoms with E-state index in [1.165, 1.54) is 18.2 Å². The van der Waals surface area contributed by atoms with Crippen LogP contribution in [0.5, 0.6) is 5.75 Å². The zero-order chi connectivity index (χ0) is 15.7. The number of rotatable bonds is 9. The van der Waals surface area contributed by atoms with Crippen LogP contribution in [0.15, 0.2) is 18.2 Å². The van der Waals surface area contributed by atoms with Crippen molar-refractivity contribution >= 4 is 17.5 Å². The zero-order valence-electron chi connectivity index (χ0n) is 12.1. The Kier molecular flexibility index (Phi) is 8.04. The highest BCUT2D eigenvalue weighted by atomic mass is 35.5. The lowest BCUT2D eigenvalue weighted by atomic mass is 10.3. The van der Waals surface area contributed by atoms with Crippen molar-refractivity contribution in [1.29, 1.82) is 0 Å². The number of amides is 1. The van der Waals surface area contributed by atoms with Crippen LogP contribution in [0.25, 0.3) is 0 Å². The highest BCUT2D eigenvalue weighted by Crippen LogP contribution is 2.21. The Morgan fingerprint density at radius 1 is 1.24 bits per heavy atom. The molecular weight excluding hydrogens is 301 g/mol. The number of halogens is 2. The Labute approximate surface area is 128 Å². The first-order valence-corrected chi connectivity index (χ1v) is 6.79. The summed E-state index contributed by atoms with van der Waals surface area (Å²) < 4.78 is 28.3. The Morgan fingerprint density at radius 2 is 1.86 bits per heavy atom. The summed E-state index contributed by atoms with van der Waals surface area (Å²) in [4.78, 5) is 13.6. The van der Waals surface area contributed by atoms with E-state index in [0.29, 0.717) is 32.1 Å². The van der Waals surface area contributed by atoms with E-state index in [0.717, 1.165) is 0 Å². The van der Waals surface area contributed by atoms with Crippen molar-refractivity contribution in [3.63, 3.8) is 0 Å². The second-order valence-electron chi connectivity index (χ2n) is 4.23. The second kappa shape index (κ2) is 9.55. The summed E-state index contributed by atoms with van der Waals surface area (Å²) in [6, 6.07) is 3.94. The highest BCUT2D eigenvalue weighted by Gasteiger charge is 2.14. The van der Waals surface area contributed by atoms with E-state index in [-0.39, 0.29) is 17.5 Å². The van der Waals surface area contributed by atoms with Crippen LogP contribution >= 0.6 is 11.6 Å². The minimum absolute atomic E-state index is 0.0458. The van der Waals surface area contributed by atoms with Gasteiger partial charge in [-0.1, -0.05) is 11.6 Å². The van der Waals surface area contributed by atoms with Crippen LogP contribution in [-0.2, 0) is 14.3 Å². The number of ether oxygens (including phenoxy) is 3. The molecular formula is C14H19ClFNO4. The molecule has 1 aromatic carbocycles. The summed E-state index contributed by atoms with van der Waals surface area (Å²) in [5.41, 5.74) is 0. The molecule has 0 aliphatic carbocycles.